The number of hydrogen-bond acceptors (Lipinski definition) is 7. The highest BCUT2D eigenvalue weighted by atomic mass is 16.6. The Morgan fingerprint density at radius 3 is 1.11 bits per heavy atom. The lowest BCUT2D eigenvalue weighted by Crippen LogP contribution is -2.47. The third kappa shape index (κ3) is 7.16. The van der Waals surface area contributed by atoms with E-state index >= 15 is 0 Å². The van der Waals surface area contributed by atoms with E-state index in [1.807, 2.05) is 36.4 Å². The first-order valence-electron chi connectivity index (χ1n) is 20.0. The summed E-state index contributed by atoms with van der Waals surface area (Å²) < 4.78 is 5.01. The van der Waals surface area contributed by atoms with Gasteiger partial charge in [0.05, 0.1) is 11.1 Å². The van der Waals surface area contributed by atoms with Crippen LogP contribution in [0, 0.1) is 0 Å². The Labute approximate surface area is 310 Å². The summed E-state index contributed by atoms with van der Waals surface area (Å²) in [5.41, 5.74) is 1.81. The van der Waals surface area contributed by atoms with Crippen molar-refractivity contribution in [2.45, 2.75) is 122 Å². The molecule has 8 nitrogen and oxygen atoms in total. The number of ether oxygens (including phenoxy) is 1. The van der Waals surface area contributed by atoms with Gasteiger partial charge in [-0.05, 0) is 82.3 Å². The summed E-state index contributed by atoms with van der Waals surface area (Å²) in [5.74, 6) is -1.77. The smallest absolute Gasteiger partial charge is 0.346 e. The minimum absolute atomic E-state index is 0.172. The third-order valence-electron chi connectivity index (χ3n) is 11.7. The third-order valence-corrected chi connectivity index (χ3v) is 11.7. The molecule has 2 N–H and O–H groups in total. The van der Waals surface area contributed by atoms with Crippen molar-refractivity contribution in [2.24, 2.45) is 0 Å². The number of unbranched alkanes of at least 4 members (excludes halogenated alkanes) is 14. The van der Waals surface area contributed by atoms with Crippen LogP contribution in [-0.2, 0) is 4.74 Å². The van der Waals surface area contributed by atoms with Crippen molar-refractivity contribution in [2.75, 3.05) is 13.2 Å². The predicted octanol–water partition coefficient (Wildman–Crippen LogP) is 10.0. The number of rotatable bonds is 21. The van der Waals surface area contributed by atoms with Crippen LogP contribution in [0.4, 0.5) is 0 Å². The van der Waals surface area contributed by atoms with Crippen LogP contribution >= 0.6 is 0 Å². The number of nitrogens with zero attached hydrogens (tertiary/aromatic N) is 1. The van der Waals surface area contributed by atoms with Crippen LogP contribution < -0.4 is 0 Å². The molecule has 0 saturated carbocycles. The van der Waals surface area contributed by atoms with Crippen molar-refractivity contribution in [3.63, 3.8) is 0 Å². The molecule has 0 fully saturated rings. The van der Waals surface area contributed by atoms with E-state index in [2.05, 4.69) is 0 Å². The molecular weight excluding hydrogens is 666 g/mol. The Bertz CT molecular complexity index is 2010. The molecule has 0 bridgehead atoms. The molecule has 8 heteroatoms. The van der Waals surface area contributed by atoms with Gasteiger partial charge in [-0.1, -0.05) is 114 Å². The normalized spacial score (nSPS) is 14.3. The van der Waals surface area contributed by atoms with Crippen molar-refractivity contribution >= 4 is 66.8 Å². The molecule has 0 aliphatic carbocycles. The van der Waals surface area contributed by atoms with Crippen LogP contribution in [0.15, 0.2) is 48.5 Å². The maximum Gasteiger partial charge on any atom is 0.346 e. The summed E-state index contributed by atoms with van der Waals surface area (Å²) >= 11 is 0. The summed E-state index contributed by atoms with van der Waals surface area (Å²) in [6, 6.07) is 14.6. The van der Waals surface area contributed by atoms with Crippen LogP contribution in [0.2, 0.25) is 0 Å². The van der Waals surface area contributed by atoms with E-state index in [0.29, 0.717) is 33.0 Å². The van der Waals surface area contributed by atoms with Gasteiger partial charge in [-0.15, -0.1) is 0 Å². The summed E-state index contributed by atoms with van der Waals surface area (Å²) in [6.45, 7) is 0.519. The zero-order chi connectivity index (χ0) is 36.9. The molecule has 2 heterocycles. The van der Waals surface area contributed by atoms with Crippen LogP contribution in [0.3, 0.4) is 0 Å². The lowest BCUT2D eigenvalue weighted by molar-refractivity contribution is 0.0389. The maximum absolute atomic E-state index is 14.5. The van der Waals surface area contributed by atoms with Crippen molar-refractivity contribution in [1.82, 2.24) is 4.90 Å². The number of carbonyl (C=O) groups is 4. The number of benzene rings is 5. The number of cyclic esters (lactones) is 2. The Balaban J connectivity index is 1.16. The second-order valence-corrected chi connectivity index (χ2v) is 15.1. The number of imide groups is 1. The van der Waals surface area contributed by atoms with E-state index in [-0.39, 0.29) is 31.1 Å². The number of fused-ring (bicyclic) bond motifs is 2. The average Bonchev–Trinajstić information content (AvgIpc) is 3.16. The lowest BCUT2D eigenvalue weighted by Gasteiger charge is -2.35. The van der Waals surface area contributed by atoms with E-state index in [0.717, 1.165) is 135 Å². The van der Waals surface area contributed by atoms with Gasteiger partial charge in [0.2, 0.25) is 0 Å². The molecule has 7 rings (SSSR count). The largest absolute Gasteiger partial charge is 0.396 e. The molecule has 5 aromatic rings. The zero-order valence-electron chi connectivity index (χ0n) is 30.7. The highest BCUT2D eigenvalue weighted by molar-refractivity contribution is 6.40. The average molecular weight is 718 g/mol. The highest BCUT2D eigenvalue weighted by Crippen LogP contribution is 2.46. The second kappa shape index (κ2) is 16.7. The SMILES string of the molecule is O=C1OC(=O)c2ccc3c4ccc5c6c(ccc(c7ccc1c2c73)c64)C(=O)N(C(CCCCCCCCCCO)CCCCCCCCCCO)C5=O. The monoisotopic (exact) mass is 717 g/mol. The predicted molar refractivity (Wildman–Crippen MR) is 209 cm³/mol. The van der Waals surface area contributed by atoms with Gasteiger partial charge in [0, 0.05) is 41.2 Å². The maximum atomic E-state index is 14.5. The molecule has 0 radical (unpaired) electrons. The summed E-state index contributed by atoms with van der Waals surface area (Å²) in [5, 5.41) is 24.5. The Morgan fingerprint density at radius 2 is 0.736 bits per heavy atom. The van der Waals surface area contributed by atoms with Crippen molar-refractivity contribution in [1.29, 1.82) is 0 Å². The summed E-state index contributed by atoms with van der Waals surface area (Å²) in [7, 11) is 0. The van der Waals surface area contributed by atoms with Gasteiger partial charge in [0.15, 0.2) is 0 Å². The Hall–Kier alpha value is -4.40. The molecule has 0 unspecified atom stereocenters. The second-order valence-electron chi connectivity index (χ2n) is 15.1. The van der Waals surface area contributed by atoms with Gasteiger partial charge in [0.25, 0.3) is 11.8 Å². The quantitative estimate of drug-likeness (QED) is 0.0194. The number of aliphatic hydroxyl groups is 2. The molecule has 2 amide bonds. The molecule has 2 aliphatic rings. The van der Waals surface area contributed by atoms with Gasteiger partial charge in [-0.3, -0.25) is 14.5 Å². The van der Waals surface area contributed by atoms with E-state index in [1.54, 1.807) is 17.0 Å². The topological polar surface area (TPSA) is 121 Å². The Morgan fingerprint density at radius 1 is 0.415 bits per heavy atom. The van der Waals surface area contributed by atoms with Crippen molar-refractivity contribution in [3.05, 3.63) is 70.8 Å². The molecule has 278 valence electrons. The number of hydrogen-bond donors (Lipinski definition) is 2. The van der Waals surface area contributed by atoms with E-state index < -0.39 is 11.9 Å². The van der Waals surface area contributed by atoms with Gasteiger partial charge < -0.3 is 14.9 Å². The zero-order valence-corrected chi connectivity index (χ0v) is 30.7. The van der Waals surface area contributed by atoms with E-state index in [4.69, 9.17) is 14.9 Å². The minimum atomic E-state index is -0.656. The van der Waals surface area contributed by atoms with Crippen molar-refractivity contribution < 1.29 is 34.1 Å². The van der Waals surface area contributed by atoms with Crippen molar-refractivity contribution in [3.8, 4) is 0 Å². The Kier molecular flexibility index (Phi) is 11.7. The van der Waals surface area contributed by atoms with Crippen LogP contribution in [-0.4, -0.2) is 58.1 Å². The number of aliphatic hydroxyl groups excluding tert-OH is 2. The molecule has 53 heavy (non-hydrogen) atoms. The van der Waals surface area contributed by atoms with Gasteiger partial charge in [-0.2, -0.15) is 0 Å². The number of amides is 2. The number of carbonyl (C=O) groups excluding carboxylic acids is 4. The first-order valence-corrected chi connectivity index (χ1v) is 20.0. The fourth-order valence-electron chi connectivity index (χ4n) is 8.97. The molecule has 0 atom stereocenters. The fraction of sp³-hybridized carbons (Fsp3) is 0.467. The van der Waals surface area contributed by atoms with Crippen LogP contribution in [0.1, 0.15) is 157 Å². The van der Waals surface area contributed by atoms with E-state index in [1.165, 1.54) is 12.8 Å². The molecule has 0 saturated heterocycles. The first kappa shape index (κ1) is 36.9. The van der Waals surface area contributed by atoms with Gasteiger partial charge >= 0.3 is 11.9 Å². The highest BCUT2D eigenvalue weighted by Gasteiger charge is 2.38. The molecule has 0 spiro atoms. The summed E-state index contributed by atoms with van der Waals surface area (Å²) in [4.78, 5) is 56.1. The molecule has 0 aromatic heterocycles. The standard InChI is InChI=1S/C45H51NO7/c47-27-15-11-7-3-1-5-9-13-17-29(18-14-10-6-2-4-8-12-16-28-48)46-42(49)34-23-19-30-32-21-25-36-41-37(45(52)53-44(36)51)26-22-33(39(32)41)31-20-24-35(43(46)50)40(34)38(30)31/h19-26,29,47-48H,1-18,27-28H2. The molecule has 2 aliphatic heterocycles. The van der Waals surface area contributed by atoms with Crippen LogP contribution in [0.25, 0.3) is 43.1 Å². The van der Waals surface area contributed by atoms with Crippen LogP contribution in [0.5, 0.6) is 0 Å². The summed E-state index contributed by atoms with van der Waals surface area (Å²) in [6.07, 6.45) is 18.7. The van der Waals surface area contributed by atoms with Gasteiger partial charge in [-0.25, -0.2) is 9.59 Å². The molecule has 5 aromatic carbocycles. The minimum Gasteiger partial charge on any atom is -0.396 e. The fourth-order valence-corrected chi connectivity index (χ4v) is 8.97. The number of esters is 2. The first-order chi connectivity index (χ1) is 26.0. The lowest BCUT2D eigenvalue weighted by atomic mass is 9.82. The van der Waals surface area contributed by atoms with E-state index in [9.17, 15) is 19.2 Å². The van der Waals surface area contributed by atoms with Gasteiger partial charge in [0.1, 0.15) is 0 Å². The molecular formula is C45H51NO7.